The van der Waals surface area contributed by atoms with Gasteiger partial charge in [0.25, 0.3) is 0 Å². The van der Waals surface area contributed by atoms with Gasteiger partial charge in [-0.2, -0.15) is 0 Å². The summed E-state index contributed by atoms with van der Waals surface area (Å²) in [5.41, 5.74) is 5.92. The van der Waals surface area contributed by atoms with Gasteiger partial charge in [0.15, 0.2) is 0 Å². The minimum Gasteiger partial charge on any atom is -0.330 e. The molecule has 0 fully saturated rings. The van der Waals surface area contributed by atoms with Crippen molar-refractivity contribution in [1.29, 1.82) is 0 Å². The maximum atomic E-state index is 5.46. The Bertz CT molecular complexity index is 144. The Balaban J connectivity index is 3.29. The number of nitrogens with two attached hydrogens (primary N) is 1. The molecule has 0 spiro atoms. The Labute approximate surface area is 102 Å². The average Bonchev–Trinajstić information content (AvgIpc) is 2.25. The zero-order valence-electron chi connectivity index (χ0n) is 11.6. The smallest absolute Gasteiger partial charge is 0.000252 e. The van der Waals surface area contributed by atoms with Crippen LogP contribution < -0.4 is 11.1 Å². The summed E-state index contributed by atoms with van der Waals surface area (Å²) < 4.78 is 0. The Hall–Kier alpha value is -0.0800. The van der Waals surface area contributed by atoms with Gasteiger partial charge in [-0.25, -0.2) is 0 Å². The summed E-state index contributed by atoms with van der Waals surface area (Å²) in [5.74, 6) is 0. The van der Waals surface area contributed by atoms with E-state index < -0.39 is 0 Å². The first kappa shape index (κ1) is 15.9. The molecule has 0 aliphatic carbocycles. The normalized spacial score (nSPS) is 12.0. The Morgan fingerprint density at radius 3 is 2.31 bits per heavy atom. The maximum Gasteiger partial charge on any atom is 0.000252 e. The van der Waals surface area contributed by atoms with Crippen LogP contribution >= 0.6 is 0 Å². The number of unbranched alkanes of at least 4 members (excludes halogenated alkanes) is 4. The van der Waals surface area contributed by atoms with E-state index in [4.69, 9.17) is 5.73 Å². The molecular formula is C14H32N2. The summed E-state index contributed by atoms with van der Waals surface area (Å²) in [6, 6.07) is 0. The predicted octanol–water partition coefficient (Wildman–Crippen LogP) is 3.31. The van der Waals surface area contributed by atoms with Gasteiger partial charge in [-0.15, -0.1) is 0 Å². The monoisotopic (exact) mass is 228 g/mol. The number of nitrogens with one attached hydrogen (secondary N) is 1. The third-order valence-electron chi connectivity index (χ3n) is 3.12. The molecule has 0 aromatic carbocycles. The van der Waals surface area contributed by atoms with Crippen molar-refractivity contribution in [3.63, 3.8) is 0 Å². The Morgan fingerprint density at radius 1 is 1.00 bits per heavy atom. The fourth-order valence-corrected chi connectivity index (χ4v) is 1.92. The molecule has 3 N–H and O–H groups in total. The topological polar surface area (TPSA) is 38.0 Å². The highest BCUT2D eigenvalue weighted by Gasteiger charge is 2.15. The molecule has 0 aliphatic rings. The van der Waals surface area contributed by atoms with Gasteiger partial charge < -0.3 is 11.1 Å². The molecule has 16 heavy (non-hydrogen) atoms. The first-order valence-corrected chi connectivity index (χ1v) is 7.03. The molecule has 0 rings (SSSR count). The van der Waals surface area contributed by atoms with E-state index in [-0.39, 0.29) is 0 Å². The summed E-state index contributed by atoms with van der Waals surface area (Å²) in [5, 5.41) is 3.58. The lowest BCUT2D eigenvalue weighted by Gasteiger charge is -2.24. The largest absolute Gasteiger partial charge is 0.330 e. The van der Waals surface area contributed by atoms with Crippen LogP contribution in [0, 0.1) is 5.41 Å². The summed E-state index contributed by atoms with van der Waals surface area (Å²) in [6.45, 7) is 10.2. The zero-order valence-corrected chi connectivity index (χ0v) is 11.6. The van der Waals surface area contributed by atoms with Crippen LogP contribution in [0.4, 0.5) is 0 Å². The summed E-state index contributed by atoms with van der Waals surface area (Å²) in [7, 11) is 0. The molecule has 0 aliphatic heterocycles. The molecule has 0 unspecified atom stereocenters. The van der Waals surface area contributed by atoms with E-state index in [9.17, 15) is 0 Å². The van der Waals surface area contributed by atoms with Gasteiger partial charge in [-0.05, 0) is 37.8 Å². The quantitative estimate of drug-likeness (QED) is 0.532. The summed E-state index contributed by atoms with van der Waals surface area (Å²) in [6.07, 6.45) is 9.08. The van der Waals surface area contributed by atoms with E-state index in [1.54, 1.807) is 0 Å². The second-order valence-corrected chi connectivity index (χ2v) is 5.65. The fourth-order valence-electron chi connectivity index (χ4n) is 1.92. The van der Waals surface area contributed by atoms with Gasteiger partial charge in [-0.3, -0.25) is 0 Å². The van der Waals surface area contributed by atoms with Gasteiger partial charge in [0.1, 0.15) is 0 Å². The minimum atomic E-state index is 0.466. The average molecular weight is 228 g/mol. The highest BCUT2D eigenvalue weighted by atomic mass is 14.9. The standard InChI is InChI=1S/C14H32N2/c1-4-5-10-14(2,3)13-16-12-9-7-6-8-11-15/h16H,4-13,15H2,1-3H3. The Kier molecular flexibility index (Phi) is 10.0. The molecule has 0 amide bonds. The first-order valence-electron chi connectivity index (χ1n) is 7.03. The highest BCUT2D eigenvalue weighted by Crippen LogP contribution is 2.21. The molecule has 0 saturated heterocycles. The van der Waals surface area contributed by atoms with Crippen molar-refractivity contribution in [2.45, 2.75) is 65.7 Å². The molecule has 98 valence electrons. The van der Waals surface area contributed by atoms with Crippen molar-refractivity contribution in [1.82, 2.24) is 5.32 Å². The first-order chi connectivity index (χ1) is 7.62. The lowest BCUT2D eigenvalue weighted by molar-refractivity contribution is 0.304. The summed E-state index contributed by atoms with van der Waals surface area (Å²) in [4.78, 5) is 0. The minimum absolute atomic E-state index is 0.466. The van der Waals surface area contributed by atoms with Crippen LogP contribution in [-0.2, 0) is 0 Å². The Morgan fingerprint density at radius 2 is 1.69 bits per heavy atom. The van der Waals surface area contributed by atoms with Gasteiger partial charge >= 0.3 is 0 Å². The van der Waals surface area contributed by atoms with E-state index in [0.29, 0.717) is 5.41 Å². The maximum absolute atomic E-state index is 5.46. The second kappa shape index (κ2) is 10.1. The van der Waals surface area contributed by atoms with Gasteiger partial charge in [0.2, 0.25) is 0 Å². The third kappa shape index (κ3) is 10.4. The third-order valence-corrected chi connectivity index (χ3v) is 3.12. The molecule has 2 heteroatoms. The van der Waals surface area contributed by atoms with Crippen LogP contribution in [0.1, 0.15) is 65.7 Å². The van der Waals surface area contributed by atoms with Crippen molar-refractivity contribution in [2.24, 2.45) is 11.1 Å². The van der Waals surface area contributed by atoms with E-state index in [1.165, 1.54) is 51.5 Å². The van der Waals surface area contributed by atoms with Crippen molar-refractivity contribution >= 4 is 0 Å². The summed E-state index contributed by atoms with van der Waals surface area (Å²) >= 11 is 0. The molecular weight excluding hydrogens is 196 g/mol. The van der Waals surface area contributed by atoms with Crippen molar-refractivity contribution in [2.75, 3.05) is 19.6 Å². The number of rotatable bonds is 11. The zero-order chi connectivity index (χ0) is 12.3. The van der Waals surface area contributed by atoms with Gasteiger partial charge in [-0.1, -0.05) is 46.5 Å². The van der Waals surface area contributed by atoms with Gasteiger partial charge in [0.05, 0.1) is 0 Å². The lowest BCUT2D eigenvalue weighted by atomic mass is 9.87. The lowest BCUT2D eigenvalue weighted by Crippen LogP contribution is -2.30. The van der Waals surface area contributed by atoms with Gasteiger partial charge in [0, 0.05) is 6.54 Å². The SMILES string of the molecule is CCCCC(C)(C)CNCCCCCCN. The predicted molar refractivity (Wildman–Crippen MR) is 73.7 cm³/mol. The number of hydrogen-bond acceptors (Lipinski definition) is 2. The van der Waals surface area contributed by atoms with Crippen LogP contribution in [0.2, 0.25) is 0 Å². The molecule has 2 nitrogen and oxygen atoms in total. The van der Waals surface area contributed by atoms with E-state index in [0.717, 1.165) is 13.1 Å². The fraction of sp³-hybridized carbons (Fsp3) is 1.00. The second-order valence-electron chi connectivity index (χ2n) is 5.65. The van der Waals surface area contributed by atoms with Crippen molar-refractivity contribution in [3.05, 3.63) is 0 Å². The molecule has 0 aromatic rings. The molecule has 0 aromatic heterocycles. The van der Waals surface area contributed by atoms with Crippen LogP contribution in [0.3, 0.4) is 0 Å². The van der Waals surface area contributed by atoms with E-state index >= 15 is 0 Å². The van der Waals surface area contributed by atoms with Crippen LogP contribution in [-0.4, -0.2) is 19.6 Å². The van der Waals surface area contributed by atoms with Crippen LogP contribution in [0.25, 0.3) is 0 Å². The van der Waals surface area contributed by atoms with E-state index in [2.05, 4.69) is 26.1 Å². The molecule has 0 radical (unpaired) electrons. The molecule has 0 saturated carbocycles. The van der Waals surface area contributed by atoms with Crippen molar-refractivity contribution in [3.8, 4) is 0 Å². The molecule has 0 heterocycles. The highest BCUT2D eigenvalue weighted by molar-refractivity contribution is 4.71. The van der Waals surface area contributed by atoms with Crippen LogP contribution in [0.15, 0.2) is 0 Å². The number of hydrogen-bond donors (Lipinski definition) is 2. The van der Waals surface area contributed by atoms with Crippen molar-refractivity contribution < 1.29 is 0 Å². The molecule has 0 bridgehead atoms. The van der Waals surface area contributed by atoms with Crippen LogP contribution in [0.5, 0.6) is 0 Å². The molecule has 0 atom stereocenters. The van der Waals surface area contributed by atoms with E-state index in [1.807, 2.05) is 0 Å².